The monoisotopic (exact) mass is 390 g/mol. The predicted octanol–water partition coefficient (Wildman–Crippen LogP) is 3.34. The smallest absolute Gasteiger partial charge is 0.340 e. The average Bonchev–Trinajstić information content (AvgIpc) is 2.93. The van der Waals surface area contributed by atoms with Crippen LogP contribution in [0.1, 0.15) is 46.7 Å². The zero-order chi connectivity index (χ0) is 20.0. The summed E-state index contributed by atoms with van der Waals surface area (Å²) < 4.78 is 18.0. The second-order valence-electron chi connectivity index (χ2n) is 5.96. The summed E-state index contributed by atoms with van der Waals surface area (Å²) >= 11 is 5.20. The molecule has 0 spiro atoms. The van der Waals surface area contributed by atoms with E-state index in [1.54, 1.807) is 19.1 Å². The Hall–Kier alpha value is -2.74. The van der Waals surface area contributed by atoms with Crippen LogP contribution < -0.4 is 10.7 Å². The van der Waals surface area contributed by atoms with Crippen molar-refractivity contribution in [2.75, 3.05) is 6.61 Å². The third kappa shape index (κ3) is 5.37. The molecular weight excluding hydrogens is 367 g/mol. The van der Waals surface area contributed by atoms with Crippen LogP contribution in [0.15, 0.2) is 29.4 Å². The number of hydrogen-bond donors (Lipinski definition) is 3. The summed E-state index contributed by atoms with van der Waals surface area (Å²) in [7, 11) is 0. The number of H-pyrrole nitrogens is 1. The van der Waals surface area contributed by atoms with Gasteiger partial charge in [-0.1, -0.05) is 12.1 Å². The maximum atomic E-state index is 12.9. The summed E-state index contributed by atoms with van der Waals surface area (Å²) in [6, 6.07) is 6.16. The number of benzene rings is 1. The van der Waals surface area contributed by atoms with E-state index in [-0.39, 0.29) is 11.8 Å². The Morgan fingerprint density at radius 1 is 1.30 bits per heavy atom. The van der Waals surface area contributed by atoms with Crippen LogP contribution in [0, 0.1) is 19.7 Å². The molecule has 0 unspecified atom stereocenters. The number of nitrogens with zero attached hydrogens (tertiary/aromatic N) is 1. The molecule has 0 saturated heterocycles. The maximum absolute atomic E-state index is 12.9. The molecule has 2 aromatic rings. The molecule has 0 fully saturated rings. The molecule has 0 aliphatic carbocycles. The Morgan fingerprint density at radius 2 is 1.96 bits per heavy atom. The minimum atomic E-state index is -0.354. The number of nitrogens with one attached hydrogen (secondary N) is 3. The molecule has 1 aromatic heterocycles. The van der Waals surface area contributed by atoms with Crippen molar-refractivity contribution in [3.05, 3.63) is 58.2 Å². The lowest BCUT2D eigenvalue weighted by atomic mass is 10.1. The number of hydrogen-bond acceptors (Lipinski definition) is 4. The normalized spacial score (nSPS) is 11.2. The quantitative estimate of drug-likeness (QED) is 0.305. The van der Waals surface area contributed by atoms with Crippen LogP contribution in [0.2, 0.25) is 0 Å². The van der Waals surface area contributed by atoms with Gasteiger partial charge in [-0.2, -0.15) is 5.10 Å². The van der Waals surface area contributed by atoms with Gasteiger partial charge in [0.05, 0.1) is 23.6 Å². The first-order valence-corrected chi connectivity index (χ1v) is 8.93. The lowest BCUT2D eigenvalue weighted by molar-refractivity contribution is 0.0525. The molecule has 8 heteroatoms. The SMILES string of the molecule is CCOC(=O)c1c(C)[nH]c(/C(C)=N/NC(=S)NCc2ccc(F)cc2)c1C. The molecule has 0 radical (unpaired) electrons. The fourth-order valence-electron chi connectivity index (χ4n) is 2.64. The summed E-state index contributed by atoms with van der Waals surface area (Å²) in [6.07, 6.45) is 0. The van der Waals surface area contributed by atoms with Crippen molar-refractivity contribution >= 4 is 29.0 Å². The van der Waals surface area contributed by atoms with Gasteiger partial charge < -0.3 is 15.0 Å². The number of carbonyl (C=O) groups is 1. The zero-order valence-corrected chi connectivity index (χ0v) is 16.6. The summed E-state index contributed by atoms with van der Waals surface area (Å²) in [6.45, 7) is 8.01. The number of aromatic amines is 1. The first kappa shape index (κ1) is 20.6. The van der Waals surface area contributed by atoms with Gasteiger partial charge >= 0.3 is 5.97 Å². The van der Waals surface area contributed by atoms with Gasteiger partial charge in [-0.25, -0.2) is 9.18 Å². The minimum absolute atomic E-state index is 0.279. The second-order valence-corrected chi connectivity index (χ2v) is 6.37. The topological polar surface area (TPSA) is 78.5 Å². The number of carbonyl (C=O) groups excluding carboxylic acids is 1. The number of halogens is 1. The number of aryl methyl sites for hydroxylation is 1. The first-order chi connectivity index (χ1) is 12.8. The molecule has 0 aliphatic heterocycles. The Kier molecular flexibility index (Phi) is 7.06. The van der Waals surface area contributed by atoms with Gasteiger partial charge in [-0.05, 0) is 63.2 Å². The summed E-state index contributed by atoms with van der Waals surface area (Å²) in [5.41, 5.74) is 7.09. The van der Waals surface area contributed by atoms with Crippen molar-refractivity contribution in [2.24, 2.45) is 5.10 Å². The number of rotatable bonds is 6. The van der Waals surface area contributed by atoms with Gasteiger partial charge in [-0.15, -0.1) is 0 Å². The van der Waals surface area contributed by atoms with Crippen LogP contribution >= 0.6 is 12.2 Å². The van der Waals surface area contributed by atoms with Crippen molar-refractivity contribution in [1.82, 2.24) is 15.7 Å². The molecule has 0 aliphatic rings. The fourth-order valence-corrected chi connectivity index (χ4v) is 2.75. The molecular formula is C19H23FN4O2S. The van der Waals surface area contributed by atoms with Gasteiger partial charge in [0, 0.05) is 12.2 Å². The van der Waals surface area contributed by atoms with Crippen molar-refractivity contribution in [3.8, 4) is 0 Å². The van der Waals surface area contributed by atoms with Crippen molar-refractivity contribution in [1.29, 1.82) is 0 Å². The van der Waals surface area contributed by atoms with Gasteiger partial charge in [0.25, 0.3) is 0 Å². The van der Waals surface area contributed by atoms with Gasteiger partial charge in [0.15, 0.2) is 5.11 Å². The van der Waals surface area contributed by atoms with E-state index in [4.69, 9.17) is 17.0 Å². The van der Waals surface area contributed by atoms with Crippen LogP contribution in [0.3, 0.4) is 0 Å². The number of thiocarbonyl (C=S) groups is 1. The zero-order valence-electron chi connectivity index (χ0n) is 15.8. The molecule has 6 nitrogen and oxygen atoms in total. The highest BCUT2D eigenvalue weighted by Crippen LogP contribution is 2.19. The van der Waals surface area contributed by atoms with Crippen LogP contribution in [0.4, 0.5) is 4.39 Å². The van der Waals surface area contributed by atoms with Crippen molar-refractivity contribution in [2.45, 2.75) is 34.2 Å². The molecule has 2 rings (SSSR count). The van der Waals surface area contributed by atoms with Gasteiger partial charge in [0.1, 0.15) is 5.82 Å². The molecule has 1 heterocycles. The highest BCUT2D eigenvalue weighted by molar-refractivity contribution is 7.80. The van der Waals surface area contributed by atoms with E-state index >= 15 is 0 Å². The Bertz CT molecular complexity index is 859. The van der Waals surface area contributed by atoms with E-state index in [0.717, 1.165) is 22.5 Å². The standard InChI is InChI=1S/C19H23FN4O2S/c1-5-26-18(25)16-11(2)17(22-12(16)3)13(4)23-24-19(27)21-10-14-6-8-15(20)9-7-14/h6-9,22H,5,10H2,1-4H3,(H2,21,24,27)/b23-13+. The van der Waals surface area contributed by atoms with E-state index in [1.165, 1.54) is 12.1 Å². The van der Waals surface area contributed by atoms with E-state index in [9.17, 15) is 9.18 Å². The molecule has 0 saturated carbocycles. The Labute approximate surface area is 163 Å². The van der Waals surface area contributed by atoms with Crippen LogP contribution in [0.25, 0.3) is 0 Å². The van der Waals surface area contributed by atoms with Crippen molar-refractivity contribution < 1.29 is 13.9 Å². The van der Waals surface area contributed by atoms with Gasteiger partial charge in [0.2, 0.25) is 0 Å². The summed E-state index contributed by atoms with van der Waals surface area (Å²) in [5, 5.41) is 7.60. The molecule has 0 bridgehead atoms. The van der Waals surface area contributed by atoms with E-state index in [2.05, 4.69) is 20.8 Å². The van der Waals surface area contributed by atoms with Crippen LogP contribution in [-0.4, -0.2) is 28.4 Å². The third-order valence-electron chi connectivity index (χ3n) is 3.97. The van der Waals surface area contributed by atoms with Crippen LogP contribution in [-0.2, 0) is 11.3 Å². The van der Waals surface area contributed by atoms with E-state index in [0.29, 0.717) is 29.5 Å². The molecule has 0 atom stereocenters. The second kappa shape index (κ2) is 9.27. The lowest BCUT2D eigenvalue weighted by Gasteiger charge is -2.08. The number of hydrazone groups is 1. The highest BCUT2D eigenvalue weighted by atomic mass is 32.1. The third-order valence-corrected chi connectivity index (χ3v) is 4.21. The largest absolute Gasteiger partial charge is 0.462 e. The van der Waals surface area contributed by atoms with E-state index in [1.807, 2.05) is 20.8 Å². The summed E-state index contributed by atoms with van der Waals surface area (Å²) in [4.78, 5) is 15.2. The fraction of sp³-hybridized carbons (Fsp3) is 0.316. The Balaban J connectivity index is 2.00. The minimum Gasteiger partial charge on any atom is -0.462 e. The molecule has 144 valence electrons. The number of ether oxygens (including phenoxy) is 1. The average molecular weight is 390 g/mol. The number of aromatic nitrogens is 1. The Morgan fingerprint density at radius 3 is 2.59 bits per heavy atom. The molecule has 3 N–H and O–H groups in total. The maximum Gasteiger partial charge on any atom is 0.340 e. The first-order valence-electron chi connectivity index (χ1n) is 8.52. The lowest BCUT2D eigenvalue weighted by Crippen LogP contribution is -2.32. The highest BCUT2D eigenvalue weighted by Gasteiger charge is 2.20. The number of esters is 1. The summed E-state index contributed by atoms with van der Waals surface area (Å²) in [5.74, 6) is -0.634. The predicted molar refractivity (Wildman–Crippen MR) is 107 cm³/mol. The molecule has 27 heavy (non-hydrogen) atoms. The van der Waals surface area contributed by atoms with E-state index < -0.39 is 0 Å². The van der Waals surface area contributed by atoms with Crippen LogP contribution in [0.5, 0.6) is 0 Å². The molecule has 1 aromatic carbocycles. The van der Waals surface area contributed by atoms with Crippen molar-refractivity contribution in [3.63, 3.8) is 0 Å². The van der Waals surface area contributed by atoms with Gasteiger partial charge in [-0.3, -0.25) is 5.43 Å². The molecule has 0 amide bonds.